The van der Waals surface area contributed by atoms with E-state index in [4.69, 9.17) is 1.37 Å². The van der Waals surface area contributed by atoms with Crippen LogP contribution in [0.3, 0.4) is 0 Å². The van der Waals surface area contributed by atoms with Gasteiger partial charge in [0.1, 0.15) is 23.9 Å². The van der Waals surface area contributed by atoms with Crippen LogP contribution in [0.5, 0.6) is 0 Å². The molecule has 0 bridgehead atoms. The van der Waals surface area contributed by atoms with E-state index in [1.165, 1.54) is 26.5 Å². The highest BCUT2D eigenvalue weighted by atomic mass is 16.3. The Kier molecular flexibility index (Phi) is 13.2. The number of urea groups is 1. The van der Waals surface area contributed by atoms with Crippen LogP contribution in [0.4, 0.5) is 4.79 Å². The number of aliphatic hydroxyl groups excluding tert-OH is 2. The highest BCUT2D eigenvalue weighted by Crippen LogP contribution is 2.29. The molecule has 8 unspecified atom stereocenters. The Morgan fingerprint density at radius 3 is 1.74 bits per heavy atom. The van der Waals surface area contributed by atoms with E-state index in [1.54, 1.807) is 0 Å². The lowest BCUT2D eigenvalue weighted by atomic mass is 10.0. The van der Waals surface area contributed by atoms with E-state index in [1.807, 2.05) is 11.9 Å². The summed E-state index contributed by atoms with van der Waals surface area (Å²) in [5, 5.41) is 28.0. The number of aliphatic hydroxyl groups is 2. The second-order valence-corrected chi connectivity index (χ2v) is 16.3. The highest BCUT2D eigenvalue weighted by molar-refractivity contribution is 5.96. The van der Waals surface area contributed by atoms with Crippen LogP contribution in [0.15, 0.2) is 0 Å². The van der Waals surface area contributed by atoms with Crippen molar-refractivity contribution in [3.8, 4) is 0 Å². The highest BCUT2D eigenvalue weighted by Gasteiger charge is 2.47. The SMILES string of the molecule is [3H]C1CN(C(=O)CCC(=O)C2CCCN2C(=O)CNC(=O)C2CC(O)CN2C(=O)C2CCCN2C)N(C(=O)N2CCCC2C(=O)N2CC(O)CC2C(=O)NCC(C)=O)C1. The number of β-amino-alcohol motifs (C(OH)–C–C–N with tert-alkyl or cyclic N) is 2. The zero-order valence-electron chi connectivity index (χ0n) is 34.3. The monoisotopic (exact) mass is 817 g/mol. The fourth-order valence-electron chi connectivity index (χ4n) is 9.17. The minimum Gasteiger partial charge on any atom is -0.391 e. The van der Waals surface area contributed by atoms with Crippen molar-refractivity contribution in [2.45, 2.75) is 120 Å². The molecule has 320 valence electrons. The summed E-state index contributed by atoms with van der Waals surface area (Å²) in [4.78, 5) is 126. The zero-order chi connectivity index (χ0) is 42.7. The van der Waals surface area contributed by atoms with E-state index in [2.05, 4.69) is 10.6 Å². The molecule has 0 aromatic rings. The van der Waals surface area contributed by atoms with Gasteiger partial charge in [-0.25, -0.2) is 9.80 Å². The number of hydrogen-bond donors (Lipinski definition) is 4. The summed E-state index contributed by atoms with van der Waals surface area (Å²) in [5.74, 6) is -3.66. The number of ketones is 2. The number of likely N-dealkylation sites (tertiary alicyclic amines) is 5. The summed E-state index contributed by atoms with van der Waals surface area (Å²) >= 11 is 0. The number of nitrogens with zero attached hydrogens (tertiary/aromatic N) is 7. The minimum atomic E-state index is -1.03. The van der Waals surface area contributed by atoms with Crippen LogP contribution in [0, 0.1) is 0 Å². The van der Waals surface area contributed by atoms with Crippen molar-refractivity contribution in [3.05, 3.63) is 0 Å². The van der Waals surface area contributed by atoms with Crippen molar-refractivity contribution in [3.63, 3.8) is 0 Å². The normalized spacial score (nSPS) is 30.2. The lowest BCUT2D eigenvalue weighted by Crippen LogP contribution is -2.57. The van der Waals surface area contributed by atoms with E-state index >= 15 is 0 Å². The number of hydrogen-bond acceptors (Lipinski definition) is 12. The lowest BCUT2D eigenvalue weighted by Gasteiger charge is -2.35. The third-order valence-corrected chi connectivity index (χ3v) is 12.2. The summed E-state index contributed by atoms with van der Waals surface area (Å²) in [7, 11) is 1.84. The van der Waals surface area contributed by atoms with Gasteiger partial charge in [0.25, 0.3) is 0 Å². The van der Waals surface area contributed by atoms with Crippen molar-refractivity contribution < 1.29 is 54.7 Å². The Balaban J connectivity index is 1.01. The number of rotatable bonds is 12. The Morgan fingerprint density at radius 1 is 0.603 bits per heavy atom. The molecule has 8 atom stereocenters. The molecule has 6 rings (SSSR count). The van der Waals surface area contributed by atoms with Gasteiger partial charge >= 0.3 is 6.03 Å². The van der Waals surface area contributed by atoms with Crippen molar-refractivity contribution in [1.82, 2.24) is 45.2 Å². The smallest absolute Gasteiger partial charge is 0.339 e. The van der Waals surface area contributed by atoms with E-state index in [9.17, 15) is 53.4 Å². The first-order valence-corrected chi connectivity index (χ1v) is 20.4. The van der Waals surface area contributed by atoms with Crippen LogP contribution in [0.2, 0.25) is 0 Å². The molecular formula is C38H57N9O11. The van der Waals surface area contributed by atoms with Crippen LogP contribution in [-0.2, 0) is 38.4 Å². The molecule has 58 heavy (non-hydrogen) atoms. The molecule has 4 N–H and O–H groups in total. The summed E-state index contributed by atoms with van der Waals surface area (Å²) in [6, 6.07) is -4.82. The quantitative estimate of drug-likeness (QED) is 0.156. The third kappa shape index (κ3) is 9.28. The molecule has 6 fully saturated rings. The molecule has 0 aliphatic carbocycles. The minimum absolute atomic E-state index is 0.0256. The number of hydrazine groups is 1. The molecule has 0 radical (unpaired) electrons. The Hall–Kier alpha value is -4.69. The molecule has 20 nitrogen and oxygen atoms in total. The largest absolute Gasteiger partial charge is 0.391 e. The van der Waals surface area contributed by atoms with E-state index in [-0.39, 0.29) is 101 Å². The first kappa shape index (κ1) is 41.5. The molecule has 0 aromatic carbocycles. The van der Waals surface area contributed by atoms with Gasteiger partial charge in [0, 0.05) is 66.3 Å². The lowest BCUT2D eigenvalue weighted by molar-refractivity contribution is -0.144. The molecule has 0 saturated carbocycles. The molecule has 6 heterocycles. The zero-order valence-corrected chi connectivity index (χ0v) is 33.3. The van der Waals surface area contributed by atoms with Crippen molar-refractivity contribution in [1.29, 1.82) is 0 Å². The fourth-order valence-corrected chi connectivity index (χ4v) is 9.17. The fraction of sp³-hybridized carbons (Fsp3) is 0.763. The Morgan fingerprint density at radius 2 is 1.14 bits per heavy atom. The predicted molar refractivity (Wildman–Crippen MR) is 202 cm³/mol. The second-order valence-electron chi connectivity index (χ2n) is 16.3. The molecule has 0 spiro atoms. The summed E-state index contributed by atoms with van der Waals surface area (Å²) in [5.41, 5.74) is 0. The van der Waals surface area contributed by atoms with Gasteiger partial charge in [-0.3, -0.25) is 48.3 Å². The standard InChI is InChI=1S/C38H57N9O11/c1-23(48)19-39-34(54)29-17-25(50)22-45(29)37(57)28-9-5-14-43(28)38(58)47-16-6-15-46(47)32(52)11-10-31(51)26-7-4-13-42(26)33(53)20-40-35(55)30-18-24(49)21-44(30)36(56)27-8-3-12-41(27)2/h24-30,49-50H,3-22H2,1-2H3,(H,39,54)(H,40,55)/i6T. The van der Waals surface area contributed by atoms with Crippen molar-refractivity contribution in [2.75, 3.05) is 66.0 Å². The van der Waals surface area contributed by atoms with Crippen LogP contribution in [-0.4, -0.2) is 206 Å². The van der Waals surface area contributed by atoms with Gasteiger partial charge in [-0.2, -0.15) is 0 Å². The van der Waals surface area contributed by atoms with Gasteiger partial charge in [0.05, 0.1) is 37.4 Å². The molecular weight excluding hydrogens is 758 g/mol. The number of Topliss-reactive ketones (excluding diaryl/α,β-unsaturated/α-hetero) is 2. The topological polar surface area (TPSA) is 241 Å². The van der Waals surface area contributed by atoms with E-state index in [0.717, 1.165) is 23.0 Å². The predicted octanol–water partition coefficient (Wildman–Crippen LogP) is -2.80. The molecule has 20 heteroatoms. The molecule has 0 aromatic heterocycles. The number of carbonyl (C=O) groups excluding carboxylic acids is 9. The van der Waals surface area contributed by atoms with Gasteiger partial charge in [-0.05, 0) is 65.4 Å². The van der Waals surface area contributed by atoms with Crippen LogP contribution < -0.4 is 10.6 Å². The maximum atomic E-state index is 14.0. The van der Waals surface area contributed by atoms with Crippen molar-refractivity contribution in [2.24, 2.45) is 0 Å². The molecule has 8 amide bonds. The van der Waals surface area contributed by atoms with Crippen LogP contribution in [0.25, 0.3) is 0 Å². The molecule has 6 aliphatic rings. The van der Waals surface area contributed by atoms with Crippen LogP contribution in [0.1, 0.15) is 78.9 Å². The van der Waals surface area contributed by atoms with E-state index < -0.39 is 84.9 Å². The maximum Gasteiger partial charge on any atom is 0.339 e. The Labute approximate surface area is 338 Å². The molecule has 6 saturated heterocycles. The second kappa shape index (κ2) is 18.5. The van der Waals surface area contributed by atoms with E-state index in [0.29, 0.717) is 25.7 Å². The van der Waals surface area contributed by atoms with Gasteiger partial charge in [0.2, 0.25) is 35.4 Å². The van der Waals surface area contributed by atoms with Gasteiger partial charge in [0.15, 0.2) is 5.78 Å². The number of carbonyl (C=O) groups is 9. The van der Waals surface area contributed by atoms with Gasteiger partial charge in [-0.15, -0.1) is 0 Å². The van der Waals surface area contributed by atoms with Gasteiger partial charge in [-0.1, -0.05) is 0 Å². The van der Waals surface area contributed by atoms with Crippen molar-refractivity contribution >= 4 is 53.0 Å². The maximum absolute atomic E-state index is 14.0. The Bertz CT molecular complexity index is 1700. The average Bonchev–Trinajstić information content (AvgIpc) is 4.06. The summed E-state index contributed by atoms with van der Waals surface area (Å²) < 4.78 is 8.37. The number of amides is 8. The van der Waals surface area contributed by atoms with Gasteiger partial charge < -0.3 is 40.4 Å². The molecule has 6 aliphatic heterocycles. The van der Waals surface area contributed by atoms with Crippen LogP contribution >= 0.6 is 0 Å². The average molecular weight is 818 g/mol. The summed E-state index contributed by atoms with van der Waals surface area (Å²) in [6.45, 7) is 1.51. The first-order chi connectivity index (χ1) is 28.0. The first-order valence-electron chi connectivity index (χ1n) is 21.0. The third-order valence-electron chi connectivity index (χ3n) is 12.2. The summed E-state index contributed by atoms with van der Waals surface area (Å²) in [6.07, 6.45) is -0.0878. The number of nitrogens with one attached hydrogen (secondary N) is 2. The number of likely N-dealkylation sites (N-methyl/N-ethyl adjacent to an activating group) is 1.